The lowest BCUT2D eigenvalue weighted by Gasteiger charge is -2.29. The van der Waals surface area contributed by atoms with Crippen LogP contribution in [0.5, 0.6) is 0 Å². The van der Waals surface area contributed by atoms with Gasteiger partial charge in [0.15, 0.2) is 11.4 Å². The zero-order chi connectivity index (χ0) is 21.1. The topological polar surface area (TPSA) is 71.2 Å². The molecule has 1 atom stereocenters. The van der Waals surface area contributed by atoms with Gasteiger partial charge in [0.25, 0.3) is 0 Å². The molecule has 5 nitrogen and oxygen atoms in total. The molecule has 0 saturated heterocycles. The van der Waals surface area contributed by atoms with Gasteiger partial charge >= 0.3 is 0 Å². The monoisotopic (exact) mass is 401 g/mol. The van der Waals surface area contributed by atoms with Crippen molar-refractivity contribution in [1.82, 2.24) is 14.5 Å². The molecule has 2 N–H and O–H groups in total. The first-order valence-corrected chi connectivity index (χ1v) is 10.4. The molecule has 0 spiro atoms. The number of rotatable bonds is 7. The predicted molar refractivity (Wildman–Crippen MR) is 118 cm³/mol. The number of pyridine rings is 1. The van der Waals surface area contributed by atoms with Gasteiger partial charge in [0, 0.05) is 19.3 Å². The van der Waals surface area contributed by atoms with E-state index in [4.69, 9.17) is 4.98 Å². The second-order valence-electron chi connectivity index (χ2n) is 7.58. The van der Waals surface area contributed by atoms with Crippen LogP contribution in [0.3, 0.4) is 0 Å². The van der Waals surface area contributed by atoms with Crippen molar-refractivity contribution in [3.8, 4) is 0 Å². The third-order valence-corrected chi connectivity index (χ3v) is 5.62. The minimum absolute atomic E-state index is 0.170. The first-order valence-electron chi connectivity index (χ1n) is 10.4. The molecule has 2 aromatic heterocycles. The third kappa shape index (κ3) is 3.40. The lowest BCUT2D eigenvalue weighted by Crippen LogP contribution is -2.34. The number of aryl methyl sites for hydroxylation is 3. The number of aliphatic hydroxyl groups excluding tert-OH is 1. The van der Waals surface area contributed by atoms with E-state index in [1.165, 1.54) is 0 Å². The number of hydrogen-bond donors (Lipinski definition) is 2. The molecule has 4 rings (SSSR count). The number of aromatic nitrogens is 3. The SMILES string of the molecule is CCn1c(C(O)(c2ccccc2)c2ncccc2C)nc2ccc(CCCO)cc21. The maximum absolute atomic E-state index is 12.3. The Hall–Kier alpha value is -3.02. The highest BCUT2D eigenvalue weighted by Gasteiger charge is 2.41. The van der Waals surface area contributed by atoms with Crippen LogP contribution in [0.25, 0.3) is 11.0 Å². The molecule has 154 valence electrons. The van der Waals surface area contributed by atoms with Gasteiger partial charge in [0.2, 0.25) is 0 Å². The molecule has 5 heteroatoms. The van der Waals surface area contributed by atoms with Crippen molar-refractivity contribution in [3.63, 3.8) is 0 Å². The molecule has 0 amide bonds. The van der Waals surface area contributed by atoms with Crippen LogP contribution in [0.2, 0.25) is 0 Å². The summed E-state index contributed by atoms with van der Waals surface area (Å²) in [6.07, 6.45) is 3.24. The number of nitrogens with zero attached hydrogens (tertiary/aromatic N) is 3. The summed E-state index contributed by atoms with van der Waals surface area (Å²) in [5.41, 5.74) is 3.71. The van der Waals surface area contributed by atoms with Gasteiger partial charge in [-0.3, -0.25) is 4.98 Å². The molecule has 0 fully saturated rings. The van der Waals surface area contributed by atoms with Crippen molar-refractivity contribution < 1.29 is 10.2 Å². The maximum Gasteiger partial charge on any atom is 0.190 e. The Morgan fingerprint density at radius 2 is 1.83 bits per heavy atom. The Balaban J connectivity index is 1.99. The number of imidazole rings is 1. The molecule has 0 aliphatic rings. The molecular weight excluding hydrogens is 374 g/mol. The summed E-state index contributed by atoms with van der Waals surface area (Å²) in [6, 6.07) is 19.6. The molecule has 2 aromatic carbocycles. The van der Waals surface area contributed by atoms with E-state index < -0.39 is 5.60 Å². The highest BCUT2D eigenvalue weighted by Crippen LogP contribution is 2.38. The molecular formula is C25H27N3O2. The molecule has 4 aromatic rings. The third-order valence-electron chi connectivity index (χ3n) is 5.62. The summed E-state index contributed by atoms with van der Waals surface area (Å²) in [7, 11) is 0. The first-order chi connectivity index (χ1) is 14.6. The van der Waals surface area contributed by atoms with Crippen LogP contribution in [0.1, 0.15) is 41.6 Å². The van der Waals surface area contributed by atoms with Crippen molar-refractivity contribution >= 4 is 11.0 Å². The van der Waals surface area contributed by atoms with Crippen molar-refractivity contribution in [3.05, 3.63) is 95.1 Å². The zero-order valence-electron chi connectivity index (χ0n) is 17.4. The summed E-state index contributed by atoms with van der Waals surface area (Å²) in [5.74, 6) is 0.562. The van der Waals surface area contributed by atoms with Crippen LogP contribution < -0.4 is 0 Å². The van der Waals surface area contributed by atoms with E-state index in [0.717, 1.165) is 40.6 Å². The second kappa shape index (κ2) is 8.38. The summed E-state index contributed by atoms with van der Waals surface area (Å²) < 4.78 is 2.07. The maximum atomic E-state index is 12.3. The summed E-state index contributed by atoms with van der Waals surface area (Å²) in [6.45, 7) is 4.85. The fraction of sp³-hybridized carbons (Fsp3) is 0.280. The molecule has 0 aliphatic heterocycles. The van der Waals surface area contributed by atoms with E-state index in [1.807, 2.05) is 61.5 Å². The summed E-state index contributed by atoms with van der Waals surface area (Å²) >= 11 is 0. The Kier molecular flexibility index (Phi) is 5.66. The second-order valence-corrected chi connectivity index (χ2v) is 7.58. The molecule has 30 heavy (non-hydrogen) atoms. The van der Waals surface area contributed by atoms with Gasteiger partial charge < -0.3 is 14.8 Å². The average Bonchev–Trinajstić information content (AvgIpc) is 3.16. The standard InChI is InChI=1S/C25H27N3O2/c1-3-28-22-17-19(10-8-16-29)13-14-21(22)27-24(28)25(30,20-11-5-4-6-12-20)23-18(2)9-7-15-26-23/h4-7,9,11-15,17,29-30H,3,8,10,16H2,1-2H3. The minimum atomic E-state index is -1.48. The van der Waals surface area contributed by atoms with Gasteiger partial charge in [-0.1, -0.05) is 42.5 Å². The number of aliphatic hydroxyl groups is 2. The number of benzene rings is 2. The van der Waals surface area contributed by atoms with Gasteiger partial charge in [-0.15, -0.1) is 0 Å². The lowest BCUT2D eigenvalue weighted by atomic mass is 9.86. The van der Waals surface area contributed by atoms with Gasteiger partial charge in [0.05, 0.1) is 16.7 Å². The summed E-state index contributed by atoms with van der Waals surface area (Å²) in [4.78, 5) is 9.47. The van der Waals surface area contributed by atoms with Crippen molar-refractivity contribution in [2.75, 3.05) is 6.61 Å². The smallest absolute Gasteiger partial charge is 0.190 e. The van der Waals surface area contributed by atoms with E-state index in [2.05, 4.69) is 22.5 Å². The molecule has 1 unspecified atom stereocenters. The molecule has 0 saturated carbocycles. The normalized spacial score (nSPS) is 13.5. The Morgan fingerprint density at radius 1 is 1.03 bits per heavy atom. The van der Waals surface area contributed by atoms with E-state index in [1.54, 1.807) is 6.20 Å². The predicted octanol–water partition coefficient (Wildman–Crippen LogP) is 3.97. The van der Waals surface area contributed by atoms with Crippen LogP contribution in [0, 0.1) is 6.92 Å². The molecule has 0 radical (unpaired) electrons. The fourth-order valence-corrected chi connectivity index (χ4v) is 4.12. The van der Waals surface area contributed by atoms with Crippen molar-refractivity contribution in [2.45, 2.75) is 38.8 Å². The molecule has 0 bridgehead atoms. The molecule has 0 aliphatic carbocycles. The van der Waals surface area contributed by atoms with E-state index in [0.29, 0.717) is 18.1 Å². The van der Waals surface area contributed by atoms with Crippen LogP contribution in [0.4, 0.5) is 0 Å². The Bertz CT molecular complexity index is 1150. The fourth-order valence-electron chi connectivity index (χ4n) is 4.12. The van der Waals surface area contributed by atoms with Crippen LogP contribution in [0.15, 0.2) is 66.9 Å². The zero-order valence-corrected chi connectivity index (χ0v) is 17.4. The van der Waals surface area contributed by atoms with E-state index in [9.17, 15) is 10.2 Å². The van der Waals surface area contributed by atoms with Gasteiger partial charge in [-0.05, 0) is 61.6 Å². The lowest BCUT2D eigenvalue weighted by molar-refractivity contribution is 0.106. The van der Waals surface area contributed by atoms with Gasteiger partial charge in [-0.25, -0.2) is 4.98 Å². The number of fused-ring (bicyclic) bond motifs is 1. The van der Waals surface area contributed by atoms with E-state index in [-0.39, 0.29) is 6.61 Å². The van der Waals surface area contributed by atoms with Crippen LogP contribution >= 0.6 is 0 Å². The quantitative estimate of drug-likeness (QED) is 0.492. The minimum Gasteiger partial charge on any atom is -0.396 e. The van der Waals surface area contributed by atoms with Gasteiger partial charge in [-0.2, -0.15) is 0 Å². The van der Waals surface area contributed by atoms with Crippen LogP contribution in [-0.2, 0) is 18.6 Å². The summed E-state index contributed by atoms with van der Waals surface area (Å²) in [5, 5.41) is 21.4. The Labute approximate surface area is 176 Å². The number of hydrogen-bond acceptors (Lipinski definition) is 4. The van der Waals surface area contributed by atoms with Crippen LogP contribution in [-0.4, -0.2) is 31.4 Å². The first kappa shape index (κ1) is 20.3. The average molecular weight is 402 g/mol. The van der Waals surface area contributed by atoms with Crippen molar-refractivity contribution in [2.24, 2.45) is 0 Å². The highest BCUT2D eigenvalue weighted by molar-refractivity contribution is 5.77. The van der Waals surface area contributed by atoms with Crippen molar-refractivity contribution in [1.29, 1.82) is 0 Å². The van der Waals surface area contributed by atoms with Gasteiger partial charge in [0.1, 0.15) is 0 Å². The largest absolute Gasteiger partial charge is 0.396 e. The van der Waals surface area contributed by atoms with E-state index >= 15 is 0 Å². The Morgan fingerprint density at radius 3 is 2.53 bits per heavy atom. The molecule has 2 heterocycles. The highest BCUT2D eigenvalue weighted by atomic mass is 16.3.